The number of amides is 1. The molecule has 156 valence electrons. The SMILES string of the molecule is COC(=O)CC(NC(=O)c1cccc(S(=O)(=O)N(C)OC)c1)c1cccc(Br)c1. The van der Waals surface area contributed by atoms with E-state index in [1.165, 1.54) is 45.5 Å². The average molecular weight is 485 g/mol. The fraction of sp³-hybridized carbons (Fsp3) is 0.263. The summed E-state index contributed by atoms with van der Waals surface area (Å²) in [4.78, 5) is 29.2. The second-order valence-corrected chi connectivity index (χ2v) is 8.84. The molecule has 0 aromatic heterocycles. The standard InChI is InChI=1S/C19H21BrN2O6S/c1-22(28-3)29(25,26)16-9-5-7-14(11-16)19(24)21-17(12-18(23)27-2)13-6-4-8-15(20)10-13/h4-11,17H,12H2,1-3H3,(H,21,24). The Kier molecular flexibility index (Phi) is 7.91. The molecule has 0 aliphatic rings. The van der Waals surface area contributed by atoms with Gasteiger partial charge in [0.2, 0.25) is 0 Å². The van der Waals surface area contributed by atoms with Gasteiger partial charge in [0.1, 0.15) is 0 Å². The van der Waals surface area contributed by atoms with Crippen LogP contribution in [0.15, 0.2) is 57.9 Å². The molecule has 29 heavy (non-hydrogen) atoms. The van der Waals surface area contributed by atoms with Crippen molar-refractivity contribution in [2.24, 2.45) is 0 Å². The van der Waals surface area contributed by atoms with Crippen molar-refractivity contribution in [1.29, 1.82) is 0 Å². The Hall–Kier alpha value is -2.27. The van der Waals surface area contributed by atoms with Crippen LogP contribution in [0.25, 0.3) is 0 Å². The quantitative estimate of drug-likeness (QED) is 0.456. The minimum atomic E-state index is -3.90. The van der Waals surface area contributed by atoms with Crippen molar-refractivity contribution in [3.8, 4) is 0 Å². The second-order valence-electron chi connectivity index (χ2n) is 5.99. The molecule has 0 bridgehead atoms. The molecule has 0 aliphatic heterocycles. The summed E-state index contributed by atoms with van der Waals surface area (Å²) in [7, 11) is -0.159. The topological polar surface area (TPSA) is 102 Å². The molecule has 0 saturated carbocycles. The lowest BCUT2D eigenvalue weighted by Crippen LogP contribution is -2.31. The van der Waals surface area contributed by atoms with Crippen LogP contribution in [0.2, 0.25) is 0 Å². The molecular weight excluding hydrogens is 464 g/mol. The van der Waals surface area contributed by atoms with Crippen LogP contribution in [-0.4, -0.2) is 46.0 Å². The van der Waals surface area contributed by atoms with Crippen LogP contribution < -0.4 is 5.32 Å². The molecule has 0 saturated heterocycles. The van der Waals surface area contributed by atoms with Gasteiger partial charge in [0, 0.05) is 17.1 Å². The Morgan fingerprint density at radius 3 is 2.45 bits per heavy atom. The van der Waals surface area contributed by atoms with Crippen molar-refractivity contribution in [2.45, 2.75) is 17.4 Å². The Balaban J connectivity index is 2.32. The highest BCUT2D eigenvalue weighted by atomic mass is 79.9. The van der Waals surface area contributed by atoms with Crippen molar-refractivity contribution in [3.05, 3.63) is 64.1 Å². The third-order valence-electron chi connectivity index (χ3n) is 4.14. The molecule has 0 spiro atoms. The van der Waals surface area contributed by atoms with Gasteiger partial charge in [-0.2, -0.15) is 0 Å². The van der Waals surface area contributed by atoms with E-state index in [0.29, 0.717) is 10.0 Å². The summed E-state index contributed by atoms with van der Waals surface area (Å²) in [5, 5.41) is 2.76. The molecule has 2 aromatic carbocycles. The lowest BCUT2D eigenvalue weighted by Gasteiger charge is -2.19. The molecule has 0 aliphatic carbocycles. The minimum absolute atomic E-state index is 0.0803. The van der Waals surface area contributed by atoms with Gasteiger partial charge >= 0.3 is 5.97 Å². The number of hydrogen-bond acceptors (Lipinski definition) is 6. The fourth-order valence-corrected chi connectivity index (χ4v) is 3.95. The summed E-state index contributed by atoms with van der Waals surface area (Å²) in [6.45, 7) is 0. The molecule has 1 N–H and O–H groups in total. The number of nitrogens with zero attached hydrogens (tertiary/aromatic N) is 1. The number of methoxy groups -OCH3 is 1. The Bertz CT molecular complexity index is 996. The maximum Gasteiger partial charge on any atom is 0.307 e. The van der Waals surface area contributed by atoms with Gasteiger partial charge in [-0.05, 0) is 35.9 Å². The van der Waals surface area contributed by atoms with Crippen molar-refractivity contribution >= 4 is 37.8 Å². The van der Waals surface area contributed by atoms with Crippen molar-refractivity contribution in [2.75, 3.05) is 21.3 Å². The normalized spacial score (nSPS) is 12.4. The first kappa shape index (κ1) is 23.0. The van der Waals surface area contributed by atoms with Gasteiger partial charge in [0.05, 0.1) is 31.6 Å². The smallest absolute Gasteiger partial charge is 0.307 e. The van der Waals surface area contributed by atoms with E-state index in [-0.39, 0.29) is 16.9 Å². The summed E-state index contributed by atoms with van der Waals surface area (Å²) >= 11 is 3.36. The highest BCUT2D eigenvalue weighted by Crippen LogP contribution is 2.23. The largest absolute Gasteiger partial charge is 0.469 e. The van der Waals surface area contributed by atoms with Gasteiger partial charge in [-0.25, -0.2) is 8.42 Å². The first-order valence-corrected chi connectivity index (χ1v) is 10.7. The van der Waals surface area contributed by atoms with E-state index in [1.54, 1.807) is 18.2 Å². The Labute approximate surface area is 177 Å². The van der Waals surface area contributed by atoms with Crippen LogP contribution in [0.5, 0.6) is 0 Å². The summed E-state index contributed by atoms with van der Waals surface area (Å²) in [6, 6.07) is 12.0. The van der Waals surface area contributed by atoms with Crippen LogP contribution in [0.1, 0.15) is 28.4 Å². The number of carbonyl (C=O) groups is 2. The van der Waals surface area contributed by atoms with Crippen LogP contribution in [0.4, 0.5) is 0 Å². The predicted molar refractivity (Wildman–Crippen MR) is 109 cm³/mol. The number of halogens is 1. The average Bonchev–Trinajstić information content (AvgIpc) is 2.72. The van der Waals surface area contributed by atoms with E-state index in [9.17, 15) is 18.0 Å². The van der Waals surface area contributed by atoms with Gasteiger partial charge in [0.25, 0.3) is 15.9 Å². The highest BCUT2D eigenvalue weighted by molar-refractivity contribution is 9.10. The Morgan fingerprint density at radius 1 is 1.14 bits per heavy atom. The van der Waals surface area contributed by atoms with Gasteiger partial charge < -0.3 is 10.1 Å². The Morgan fingerprint density at radius 2 is 1.83 bits per heavy atom. The van der Waals surface area contributed by atoms with E-state index in [1.807, 2.05) is 6.07 Å². The third-order valence-corrected chi connectivity index (χ3v) is 6.31. The van der Waals surface area contributed by atoms with E-state index < -0.39 is 27.9 Å². The van der Waals surface area contributed by atoms with E-state index >= 15 is 0 Å². The van der Waals surface area contributed by atoms with Crippen LogP contribution in [-0.2, 0) is 24.4 Å². The first-order chi connectivity index (χ1) is 13.7. The molecule has 10 heteroatoms. The molecular formula is C19H21BrN2O6S. The van der Waals surface area contributed by atoms with Crippen molar-refractivity contribution in [1.82, 2.24) is 9.79 Å². The number of benzene rings is 2. The molecule has 8 nitrogen and oxygen atoms in total. The van der Waals surface area contributed by atoms with Crippen LogP contribution >= 0.6 is 15.9 Å². The highest BCUT2D eigenvalue weighted by Gasteiger charge is 2.24. The molecule has 0 heterocycles. The second kappa shape index (κ2) is 9.97. The van der Waals surface area contributed by atoms with Gasteiger partial charge in [0.15, 0.2) is 0 Å². The first-order valence-electron chi connectivity index (χ1n) is 8.45. The molecule has 2 aromatic rings. The van der Waals surface area contributed by atoms with Gasteiger partial charge in [-0.1, -0.05) is 38.6 Å². The summed E-state index contributed by atoms with van der Waals surface area (Å²) in [6.07, 6.45) is -0.0803. The number of esters is 1. The number of hydroxylamine groups is 1. The minimum Gasteiger partial charge on any atom is -0.469 e. The monoisotopic (exact) mass is 484 g/mol. The molecule has 1 unspecified atom stereocenters. The molecule has 0 fully saturated rings. The van der Waals surface area contributed by atoms with Crippen LogP contribution in [0, 0.1) is 0 Å². The van der Waals surface area contributed by atoms with Crippen LogP contribution in [0.3, 0.4) is 0 Å². The molecule has 0 radical (unpaired) electrons. The van der Waals surface area contributed by atoms with Crippen molar-refractivity contribution in [3.63, 3.8) is 0 Å². The number of nitrogens with one attached hydrogen (secondary N) is 1. The lowest BCUT2D eigenvalue weighted by atomic mass is 10.0. The van der Waals surface area contributed by atoms with Gasteiger partial charge in [-0.15, -0.1) is 0 Å². The zero-order valence-corrected chi connectivity index (χ0v) is 18.5. The number of ether oxygens (including phenoxy) is 1. The fourth-order valence-electron chi connectivity index (χ4n) is 2.51. The number of carbonyl (C=O) groups excluding carboxylic acids is 2. The lowest BCUT2D eigenvalue weighted by molar-refractivity contribution is -0.141. The zero-order valence-electron chi connectivity index (χ0n) is 16.1. The van der Waals surface area contributed by atoms with Crippen molar-refractivity contribution < 1.29 is 27.6 Å². The van der Waals surface area contributed by atoms with Gasteiger partial charge in [-0.3, -0.25) is 14.4 Å². The van der Waals surface area contributed by atoms with E-state index in [0.717, 1.165) is 4.47 Å². The molecule has 2 rings (SSSR count). The third kappa shape index (κ3) is 5.86. The summed E-state index contributed by atoms with van der Waals surface area (Å²) in [5.41, 5.74) is 0.821. The number of sulfonamides is 1. The van der Waals surface area contributed by atoms with E-state index in [4.69, 9.17) is 9.57 Å². The maximum atomic E-state index is 12.8. The molecule has 1 atom stereocenters. The molecule has 1 amide bonds. The predicted octanol–water partition coefficient (Wildman–Crippen LogP) is 2.67. The maximum absolute atomic E-state index is 12.8. The summed E-state index contributed by atoms with van der Waals surface area (Å²) in [5.74, 6) is -1.02. The summed E-state index contributed by atoms with van der Waals surface area (Å²) < 4.78 is 31.0. The number of hydrogen-bond donors (Lipinski definition) is 1. The van der Waals surface area contributed by atoms with E-state index in [2.05, 4.69) is 21.2 Å². The number of rotatable bonds is 8. The zero-order chi connectivity index (χ0) is 21.6.